The number of rotatable bonds is 10. The smallest absolute Gasteiger partial charge is 0.408 e. The predicted octanol–water partition coefficient (Wildman–Crippen LogP) is 3.44. The highest BCUT2D eigenvalue weighted by molar-refractivity contribution is 5.90. The molecule has 0 bridgehead atoms. The number of phenolic OH excluding ortho intramolecular Hbond substituents is 1. The number of alkyl carbamates (subject to hydrolysis) is 1. The van der Waals surface area contributed by atoms with Gasteiger partial charge in [0, 0.05) is 12.8 Å². The van der Waals surface area contributed by atoms with Crippen LogP contribution in [0.4, 0.5) is 4.79 Å². The molecule has 0 aliphatic rings. The Bertz CT molecular complexity index is 1170. The summed E-state index contributed by atoms with van der Waals surface area (Å²) in [6, 6.07) is 21.3. The number of esters is 1. The van der Waals surface area contributed by atoms with Crippen molar-refractivity contribution in [1.82, 2.24) is 10.6 Å². The molecular weight excluding hydrogens is 460 g/mol. The van der Waals surface area contributed by atoms with Crippen LogP contribution in [0, 0.1) is 6.92 Å². The van der Waals surface area contributed by atoms with Crippen molar-refractivity contribution in [3.63, 3.8) is 0 Å². The van der Waals surface area contributed by atoms with E-state index in [9.17, 15) is 19.5 Å². The minimum Gasteiger partial charge on any atom is -0.508 e. The Hall–Kier alpha value is -4.33. The van der Waals surface area contributed by atoms with Crippen molar-refractivity contribution in [2.75, 3.05) is 7.11 Å². The molecule has 0 spiro atoms. The minimum atomic E-state index is -1.07. The third-order valence-corrected chi connectivity index (χ3v) is 5.57. The Kier molecular flexibility index (Phi) is 9.45. The Labute approximate surface area is 210 Å². The van der Waals surface area contributed by atoms with Crippen molar-refractivity contribution in [3.8, 4) is 5.75 Å². The van der Waals surface area contributed by atoms with Crippen molar-refractivity contribution >= 4 is 18.0 Å². The van der Waals surface area contributed by atoms with Gasteiger partial charge in [-0.1, -0.05) is 78.4 Å². The molecule has 0 heterocycles. The molecule has 0 aromatic heterocycles. The van der Waals surface area contributed by atoms with Crippen LogP contribution >= 0.6 is 0 Å². The van der Waals surface area contributed by atoms with Crippen molar-refractivity contribution in [2.24, 2.45) is 0 Å². The molecule has 2 amide bonds. The fourth-order valence-corrected chi connectivity index (χ4v) is 3.67. The van der Waals surface area contributed by atoms with Gasteiger partial charge in [-0.3, -0.25) is 4.79 Å². The highest BCUT2D eigenvalue weighted by Gasteiger charge is 2.29. The molecule has 0 saturated carbocycles. The van der Waals surface area contributed by atoms with E-state index in [-0.39, 0.29) is 25.2 Å². The van der Waals surface area contributed by atoms with Gasteiger partial charge in [0.15, 0.2) is 0 Å². The van der Waals surface area contributed by atoms with Gasteiger partial charge in [-0.15, -0.1) is 0 Å². The van der Waals surface area contributed by atoms with Crippen LogP contribution in [-0.2, 0) is 38.5 Å². The van der Waals surface area contributed by atoms with Gasteiger partial charge in [-0.25, -0.2) is 9.59 Å². The lowest BCUT2D eigenvalue weighted by Gasteiger charge is -2.23. The number of methoxy groups -OCH3 is 1. The van der Waals surface area contributed by atoms with Gasteiger partial charge in [-0.05, 0) is 29.7 Å². The van der Waals surface area contributed by atoms with Crippen LogP contribution in [0.1, 0.15) is 22.3 Å². The first kappa shape index (κ1) is 26.3. The number of phenols is 1. The third-order valence-electron chi connectivity index (χ3n) is 5.57. The van der Waals surface area contributed by atoms with E-state index in [2.05, 4.69) is 10.6 Å². The lowest BCUT2D eigenvalue weighted by Crippen LogP contribution is -2.53. The van der Waals surface area contributed by atoms with E-state index in [0.717, 1.165) is 16.7 Å². The third kappa shape index (κ3) is 7.87. The molecule has 3 rings (SSSR count). The van der Waals surface area contributed by atoms with Crippen LogP contribution in [0.25, 0.3) is 0 Å². The Morgan fingerprint density at radius 3 is 2.11 bits per heavy atom. The number of carbonyl (C=O) groups is 3. The molecule has 0 saturated heterocycles. The zero-order valence-corrected chi connectivity index (χ0v) is 20.3. The fraction of sp³-hybridized carbons (Fsp3) is 0.250. The maximum atomic E-state index is 13.3. The summed E-state index contributed by atoms with van der Waals surface area (Å²) in [5.41, 5.74) is 3.00. The van der Waals surface area contributed by atoms with Gasteiger partial charge >= 0.3 is 12.1 Å². The summed E-state index contributed by atoms with van der Waals surface area (Å²) in [6.45, 7) is 1.90. The van der Waals surface area contributed by atoms with E-state index in [1.54, 1.807) is 12.1 Å². The molecule has 0 aliphatic carbocycles. The molecule has 0 aliphatic heterocycles. The zero-order chi connectivity index (χ0) is 25.9. The van der Waals surface area contributed by atoms with E-state index in [1.807, 2.05) is 67.6 Å². The monoisotopic (exact) mass is 490 g/mol. The molecule has 0 fully saturated rings. The van der Waals surface area contributed by atoms with Crippen LogP contribution in [0.3, 0.4) is 0 Å². The molecule has 0 radical (unpaired) electrons. The topological polar surface area (TPSA) is 114 Å². The first-order valence-electron chi connectivity index (χ1n) is 11.5. The number of aromatic hydroxyl groups is 1. The predicted molar refractivity (Wildman–Crippen MR) is 134 cm³/mol. The number of nitrogens with one attached hydrogen (secondary N) is 2. The first-order chi connectivity index (χ1) is 17.4. The Morgan fingerprint density at radius 1 is 0.833 bits per heavy atom. The highest BCUT2D eigenvalue weighted by atomic mass is 16.5. The summed E-state index contributed by atoms with van der Waals surface area (Å²) in [5.74, 6) is -1.25. The largest absolute Gasteiger partial charge is 0.508 e. The van der Waals surface area contributed by atoms with E-state index < -0.39 is 30.1 Å². The molecule has 8 nitrogen and oxygen atoms in total. The summed E-state index contributed by atoms with van der Waals surface area (Å²) < 4.78 is 10.2. The molecule has 8 heteroatoms. The Balaban J connectivity index is 1.74. The van der Waals surface area contributed by atoms with Gasteiger partial charge in [0.05, 0.1) is 7.11 Å². The molecule has 3 N–H and O–H groups in total. The fourth-order valence-electron chi connectivity index (χ4n) is 3.67. The lowest BCUT2D eigenvalue weighted by molar-refractivity contribution is -0.145. The van der Waals surface area contributed by atoms with Gasteiger partial charge in [0.25, 0.3) is 0 Å². The number of aryl methyl sites for hydroxylation is 1. The average molecular weight is 491 g/mol. The number of ether oxygens (including phenoxy) is 2. The van der Waals surface area contributed by atoms with Crippen molar-refractivity contribution < 1.29 is 29.0 Å². The van der Waals surface area contributed by atoms with Crippen LogP contribution in [-0.4, -0.2) is 42.3 Å². The van der Waals surface area contributed by atoms with E-state index in [4.69, 9.17) is 9.47 Å². The number of hydrogen-bond donors (Lipinski definition) is 3. The second-order valence-electron chi connectivity index (χ2n) is 8.37. The van der Waals surface area contributed by atoms with Gasteiger partial charge in [0.1, 0.15) is 24.4 Å². The maximum absolute atomic E-state index is 13.3. The summed E-state index contributed by atoms with van der Waals surface area (Å²) >= 11 is 0. The standard InChI is InChI=1S/C28H30N2O6/c1-19-13-14-25(31)22(15-19)17-24(27(33)35-2)29-26(32)23(16-20-9-5-3-6-10-20)30-28(34)36-18-21-11-7-4-8-12-21/h3-15,23-24,31H,16-18H2,1-2H3,(H,29,32)(H,30,34)/t23-,24-/m0/s1. The molecule has 36 heavy (non-hydrogen) atoms. The molecule has 0 unspecified atom stereocenters. The van der Waals surface area contributed by atoms with Crippen LogP contribution in [0.2, 0.25) is 0 Å². The van der Waals surface area contributed by atoms with Gasteiger partial charge in [-0.2, -0.15) is 0 Å². The normalized spacial score (nSPS) is 12.2. The van der Waals surface area contributed by atoms with Crippen LogP contribution in [0.15, 0.2) is 78.9 Å². The van der Waals surface area contributed by atoms with Crippen molar-refractivity contribution in [3.05, 3.63) is 101 Å². The van der Waals surface area contributed by atoms with Gasteiger partial charge in [0.2, 0.25) is 5.91 Å². The lowest BCUT2D eigenvalue weighted by atomic mass is 10.0. The summed E-state index contributed by atoms with van der Waals surface area (Å²) in [5, 5.41) is 15.5. The summed E-state index contributed by atoms with van der Waals surface area (Å²) in [4.78, 5) is 38.3. The molecule has 3 aromatic rings. The second kappa shape index (κ2) is 12.9. The first-order valence-corrected chi connectivity index (χ1v) is 11.5. The molecule has 188 valence electrons. The van der Waals surface area contributed by atoms with E-state index in [0.29, 0.717) is 5.56 Å². The highest BCUT2D eigenvalue weighted by Crippen LogP contribution is 2.20. The van der Waals surface area contributed by atoms with Gasteiger partial charge < -0.3 is 25.2 Å². The van der Waals surface area contributed by atoms with Crippen LogP contribution in [0.5, 0.6) is 5.75 Å². The number of hydrogen-bond acceptors (Lipinski definition) is 6. The zero-order valence-electron chi connectivity index (χ0n) is 20.3. The Morgan fingerprint density at radius 2 is 1.47 bits per heavy atom. The average Bonchev–Trinajstić information content (AvgIpc) is 2.89. The van der Waals surface area contributed by atoms with Crippen LogP contribution < -0.4 is 10.6 Å². The number of benzene rings is 3. The molecule has 2 atom stereocenters. The quantitative estimate of drug-likeness (QED) is 0.375. The van der Waals surface area contributed by atoms with E-state index >= 15 is 0 Å². The second-order valence-corrected chi connectivity index (χ2v) is 8.37. The maximum Gasteiger partial charge on any atom is 0.408 e. The SMILES string of the molecule is COC(=O)[C@H](Cc1cc(C)ccc1O)NC(=O)[C@H](Cc1ccccc1)NC(=O)OCc1ccccc1. The molecule has 3 aromatic carbocycles. The van der Waals surface area contributed by atoms with Crippen molar-refractivity contribution in [1.29, 1.82) is 0 Å². The minimum absolute atomic E-state index is 0.00667. The molecular formula is C28H30N2O6. The summed E-state index contributed by atoms with van der Waals surface area (Å²) in [7, 11) is 1.22. The van der Waals surface area contributed by atoms with E-state index in [1.165, 1.54) is 13.2 Å². The number of carbonyl (C=O) groups excluding carboxylic acids is 3. The summed E-state index contributed by atoms with van der Waals surface area (Å²) in [6.07, 6.45) is -0.569. The number of amides is 2. The van der Waals surface area contributed by atoms with Crippen molar-refractivity contribution in [2.45, 2.75) is 38.5 Å².